The summed E-state index contributed by atoms with van der Waals surface area (Å²) in [6.07, 6.45) is 5.55. The summed E-state index contributed by atoms with van der Waals surface area (Å²) in [5.41, 5.74) is 3.13. The molecule has 0 saturated carbocycles. The normalized spacial score (nSPS) is 11.6. The van der Waals surface area contributed by atoms with Gasteiger partial charge in [0.2, 0.25) is 11.9 Å². The Balaban J connectivity index is 1.66. The van der Waals surface area contributed by atoms with Crippen LogP contribution < -0.4 is 0 Å². The van der Waals surface area contributed by atoms with Crippen LogP contribution in [0.15, 0.2) is 91.4 Å². The van der Waals surface area contributed by atoms with Gasteiger partial charge < -0.3 is 0 Å². The number of aromatic nitrogens is 5. The van der Waals surface area contributed by atoms with Gasteiger partial charge in [-0.2, -0.15) is 0 Å². The number of hydrogen-bond acceptors (Lipinski definition) is 3. The molecule has 0 spiro atoms. The summed E-state index contributed by atoms with van der Waals surface area (Å²) in [6.45, 7) is 0. The molecule has 0 aliphatic carbocycles. The van der Waals surface area contributed by atoms with Gasteiger partial charge in [0.1, 0.15) is 0 Å². The maximum Gasteiger partial charge on any atom is 0.237 e. The molecule has 0 fully saturated rings. The zero-order valence-corrected chi connectivity index (χ0v) is 14.9. The van der Waals surface area contributed by atoms with Gasteiger partial charge in [-0.15, -0.1) is 0 Å². The van der Waals surface area contributed by atoms with E-state index in [0.29, 0.717) is 5.95 Å². The maximum absolute atomic E-state index is 4.75. The molecule has 6 aromatic rings. The number of rotatable bonds is 2. The molecule has 5 nitrogen and oxygen atoms in total. The van der Waals surface area contributed by atoms with E-state index >= 15 is 0 Å². The lowest BCUT2D eigenvalue weighted by molar-refractivity contribution is 0.879. The third-order valence-electron chi connectivity index (χ3n) is 5.09. The van der Waals surface area contributed by atoms with Crippen LogP contribution in [0.1, 0.15) is 0 Å². The second-order valence-electron chi connectivity index (χ2n) is 6.70. The SMILES string of the molecule is c1ccc2nc(-n3ccnc3-n3c4ccccc4c4ccccc43)ncc2c1. The van der Waals surface area contributed by atoms with E-state index in [1.165, 1.54) is 10.8 Å². The lowest BCUT2D eigenvalue weighted by Crippen LogP contribution is -2.07. The van der Waals surface area contributed by atoms with E-state index in [-0.39, 0.29) is 0 Å². The minimum Gasteiger partial charge on any atom is -0.279 e. The Labute approximate surface area is 160 Å². The number of nitrogens with zero attached hydrogens (tertiary/aromatic N) is 5. The fourth-order valence-electron chi connectivity index (χ4n) is 3.83. The number of benzene rings is 3. The van der Waals surface area contributed by atoms with Crippen molar-refractivity contribution >= 4 is 32.7 Å². The van der Waals surface area contributed by atoms with Gasteiger partial charge in [0.25, 0.3) is 0 Å². The topological polar surface area (TPSA) is 48.5 Å². The molecule has 28 heavy (non-hydrogen) atoms. The maximum atomic E-state index is 4.75. The average molecular weight is 361 g/mol. The van der Waals surface area contributed by atoms with Gasteiger partial charge in [0.15, 0.2) is 0 Å². The molecule has 0 amide bonds. The van der Waals surface area contributed by atoms with Crippen LogP contribution in [-0.2, 0) is 0 Å². The molecule has 0 saturated heterocycles. The molecule has 132 valence electrons. The van der Waals surface area contributed by atoms with Gasteiger partial charge in [0.05, 0.1) is 16.6 Å². The summed E-state index contributed by atoms with van der Waals surface area (Å²) in [4.78, 5) is 14.0. The van der Waals surface area contributed by atoms with Crippen LogP contribution >= 0.6 is 0 Å². The third-order valence-corrected chi connectivity index (χ3v) is 5.09. The van der Waals surface area contributed by atoms with E-state index in [1.807, 2.05) is 41.2 Å². The predicted octanol–water partition coefficient (Wildman–Crippen LogP) is 4.91. The highest BCUT2D eigenvalue weighted by molar-refractivity contribution is 6.08. The van der Waals surface area contributed by atoms with E-state index in [2.05, 4.69) is 63.1 Å². The van der Waals surface area contributed by atoms with Gasteiger partial charge >= 0.3 is 0 Å². The number of para-hydroxylation sites is 3. The Hall–Kier alpha value is -3.99. The highest BCUT2D eigenvalue weighted by Gasteiger charge is 2.16. The van der Waals surface area contributed by atoms with Gasteiger partial charge in [-0.05, 0) is 18.2 Å². The fraction of sp³-hybridized carbons (Fsp3) is 0. The smallest absolute Gasteiger partial charge is 0.237 e. The van der Waals surface area contributed by atoms with Crippen LogP contribution in [0.3, 0.4) is 0 Å². The standard InChI is InChI=1S/C23H15N5/c1-4-10-19-16(7-1)15-25-22(26-19)27-14-13-24-23(27)28-20-11-5-2-8-17(20)18-9-3-6-12-21(18)28/h1-15H. The second-order valence-corrected chi connectivity index (χ2v) is 6.70. The Morgan fingerprint density at radius 3 is 2.14 bits per heavy atom. The molecule has 3 aromatic heterocycles. The first kappa shape index (κ1) is 15.1. The lowest BCUT2D eigenvalue weighted by atomic mass is 10.2. The molecule has 0 aliphatic heterocycles. The second kappa shape index (κ2) is 5.76. The summed E-state index contributed by atoms with van der Waals surface area (Å²) < 4.78 is 4.11. The van der Waals surface area contributed by atoms with Crippen molar-refractivity contribution in [3.63, 3.8) is 0 Å². The van der Waals surface area contributed by atoms with E-state index < -0.39 is 0 Å². The minimum atomic E-state index is 0.605. The molecule has 3 aromatic carbocycles. The van der Waals surface area contributed by atoms with Crippen LogP contribution in [-0.4, -0.2) is 24.1 Å². The predicted molar refractivity (Wildman–Crippen MR) is 111 cm³/mol. The van der Waals surface area contributed by atoms with Crippen LogP contribution in [0.5, 0.6) is 0 Å². The van der Waals surface area contributed by atoms with E-state index in [9.17, 15) is 0 Å². The minimum absolute atomic E-state index is 0.605. The number of hydrogen-bond donors (Lipinski definition) is 0. The summed E-state index contributed by atoms with van der Waals surface area (Å²) in [6, 6.07) is 24.8. The summed E-state index contributed by atoms with van der Waals surface area (Å²) in [7, 11) is 0. The summed E-state index contributed by atoms with van der Waals surface area (Å²) >= 11 is 0. The number of fused-ring (bicyclic) bond motifs is 4. The van der Waals surface area contributed by atoms with Crippen molar-refractivity contribution in [2.75, 3.05) is 0 Å². The molecular formula is C23H15N5. The quantitative estimate of drug-likeness (QED) is 0.440. The van der Waals surface area contributed by atoms with Crippen molar-refractivity contribution in [1.29, 1.82) is 0 Å². The van der Waals surface area contributed by atoms with Crippen molar-refractivity contribution in [1.82, 2.24) is 24.1 Å². The zero-order valence-electron chi connectivity index (χ0n) is 14.9. The Morgan fingerprint density at radius 2 is 1.36 bits per heavy atom. The summed E-state index contributed by atoms with van der Waals surface area (Å²) in [5.74, 6) is 1.38. The molecule has 0 atom stereocenters. The lowest BCUT2D eigenvalue weighted by Gasteiger charge is -2.10. The summed E-state index contributed by atoms with van der Waals surface area (Å²) in [5, 5.41) is 3.42. The monoisotopic (exact) mass is 361 g/mol. The first-order chi connectivity index (χ1) is 13.9. The number of imidazole rings is 1. The molecule has 3 heterocycles. The molecule has 5 heteroatoms. The Kier molecular flexibility index (Phi) is 3.10. The van der Waals surface area contributed by atoms with Crippen LogP contribution in [0.2, 0.25) is 0 Å². The largest absolute Gasteiger partial charge is 0.279 e. The molecular weight excluding hydrogens is 346 g/mol. The molecule has 0 aliphatic rings. The van der Waals surface area contributed by atoms with E-state index in [1.54, 1.807) is 6.20 Å². The van der Waals surface area contributed by atoms with Crippen LogP contribution in [0.4, 0.5) is 0 Å². The third kappa shape index (κ3) is 2.10. The van der Waals surface area contributed by atoms with E-state index in [0.717, 1.165) is 27.9 Å². The molecule has 0 N–H and O–H groups in total. The first-order valence-electron chi connectivity index (χ1n) is 9.14. The van der Waals surface area contributed by atoms with Gasteiger partial charge in [-0.3, -0.25) is 9.13 Å². The molecule has 6 rings (SSSR count). The highest BCUT2D eigenvalue weighted by Crippen LogP contribution is 2.31. The van der Waals surface area contributed by atoms with Crippen molar-refractivity contribution in [2.45, 2.75) is 0 Å². The average Bonchev–Trinajstić information content (AvgIpc) is 3.36. The van der Waals surface area contributed by atoms with E-state index in [4.69, 9.17) is 4.98 Å². The molecule has 0 unspecified atom stereocenters. The van der Waals surface area contributed by atoms with Crippen LogP contribution in [0, 0.1) is 0 Å². The first-order valence-corrected chi connectivity index (χ1v) is 9.14. The zero-order chi connectivity index (χ0) is 18.5. The van der Waals surface area contributed by atoms with Crippen molar-refractivity contribution in [2.24, 2.45) is 0 Å². The fourth-order valence-corrected chi connectivity index (χ4v) is 3.83. The van der Waals surface area contributed by atoms with Crippen molar-refractivity contribution < 1.29 is 0 Å². The van der Waals surface area contributed by atoms with Gasteiger partial charge in [0, 0.05) is 34.7 Å². The molecule has 0 bridgehead atoms. The van der Waals surface area contributed by atoms with Crippen LogP contribution in [0.25, 0.3) is 44.6 Å². The Morgan fingerprint density at radius 1 is 0.679 bits per heavy atom. The van der Waals surface area contributed by atoms with Gasteiger partial charge in [-0.25, -0.2) is 15.0 Å². The van der Waals surface area contributed by atoms with Crippen molar-refractivity contribution in [3.8, 4) is 11.9 Å². The highest BCUT2D eigenvalue weighted by atomic mass is 15.3. The Bertz CT molecular complexity index is 1420. The van der Waals surface area contributed by atoms with Crippen molar-refractivity contribution in [3.05, 3.63) is 91.4 Å². The van der Waals surface area contributed by atoms with Gasteiger partial charge in [-0.1, -0.05) is 54.6 Å². The molecule has 0 radical (unpaired) electrons.